The van der Waals surface area contributed by atoms with Crippen LogP contribution in [-0.2, 0) is 14.3 Å². The molecule has 1 saturated carbocycles. The highest BCUT2D eigenvalue weighted by atomic mass is 16.5. The molecule has 2 fully saturated rings. The van der Waals surface area contributed by atoms with E-state index in [9.17, 15) is 9.90 Å². The topological polar surface area (TPSA) is 67.8 Å². The van der Waals surface area contributed by atoms with Crippen molar-refractivity contribution in [2.24, 2.45) is 5.41 Å². The van der Waals surface area contributed by atoms with Gasteiger partial charge in [0.05, 0.1) is 12.7 Å². The van der Waals surface area contributed by atoms with Gasteiger partial charge < -0.3 is 19.9 Å². The quantitative estimate of drug-likeness (QED) is 0.780. The Morgan fingerprint density at radius 2 is 2.08 bits per heavy atom. The van der Waals surface area contributed by atoms with Gasteiger partial charge in [0.25, 0.3) is 0 Å². The molecule has 2 N–H and O–H groups in total. The molecule has 1 aliphatic carbocycles. The molecule has 1 amide bonds. The van der Waals surface area contributed by atoms with Crippen molar-refractivity contribution < 1.29 is 19.4 Å². The zero-order valence-corrected chi connectivity index (χ0v) is 13.8. The molecule has 0 radical (unpaired) electrons. The SMILES string of the molecule is O=C(COC/C=C/c1ccccc1)N[C@@H]1C[C@@H](O)C12CCOCC2. The largest absolute Gasteiger partial charge is 0.392 e. The Morgan fingerprint density at radius 3 is 2.79 bits per heavy atom. The summed E-state index contributed by atoms with van der Waals surface area (Å²) in [4.78, 5) is 12.0. The van der Waals surface area contributed by atoms with Crippen LogP contribution in [0.15, 0.2) is 36.4 Å². The predicted octanol–water partition coefficient (Wildman–Crippen LogP) is 1.76. The van der Waals surface area contributed by atoms with Crippen molar-refractivity contribution in [1.29, 1.82) is 0 Å². The van der Waals surface area contributed by atoms with Crippen molar-refractivity contribution in [2.45, 2.75) is 31.4 Å². The highest BCUT2D eigenvalue weighted by Crippen LogP contribution is 2.48. The Kier molecular flexibility index (Phi) is 5.66. The van der Waals surface area contributed by atoms with Gasteiger partial charge in [-0.25, -0.2) is 0 Å². The fourth-order valence-corrected chi connectivity index (χ4v) is 3.60. The second kappa shape index (κ2) is 7.92. The lowest BCUT2D eigenvalue weighted by Gasteiger charge is -2.55. The normalized spacial score (nSPS) is 25.5. The lowest BCUT2D eigenvalue weighted by molar-refractivity contribution is -0.157. The van der Waals surface area contributed by atoms with E-state index >= 15 is 0 Å². The average Bonchev–Trinajstić information content (AvgIpc) is 2.63. The molecule has 0 unspecified atom stereocenters. The molecule has 2 atom stereocenters. The Balaban J connectivity index is 1.38. The highest BCUT2D eigenvalue weighted by molar-refractivity contribution is 5.77. The van der Waals surface area contributed by atoms with Crippen LogP contribution in [-0.4, -0.2) is 49.6 Å². The van der Waals surface area contributed by atoms with Gasteiger partial charge in [-0.1, -0.05) is 42.5 Å². The van der Waals surface area contributed by atoms with Gasteiger partial charge in [0.15, 0.2) is 0 Å². The van der Waals surface area contributed by atoms with E-state index in [-0.39, 0.29) is 30.1 Å². The van der Waals surface area contributed by atoms with Crippen molar-refractivity contribution in [3.63, 3.8) is 0 Å². The molecule has 1 spiro atoms. The van der Waals surface area contributed by atoms with Gasteiger partial charge >= 0.3 is 0 Å². The second-order valence-corrected chi connectivity index (χ2v) is 6.55. The fourth-order valence-electron chi connectivity index (χ4n) is 3.60. The summed E-state index contributed by atoms with van der Waals surface area (Å²) in [6.45, 7) is 1.75. The molecule has 1 aromatic carbocycles. The standard InChI is InChI=1S/C19H25NO4/c21-17-13-16(19(17)8-11-23-12-9-19)20-18(22)14-24-10-4-7-15-5-2-1-3-6-15/h1-7,16-17,21H,8-14H2,(H,20,22)/b7-4+/t16-,17-/m1/s1. The maximum atomic E-state index is 12.0. The number of hydrogen-bond acceptors (Lipinski definition) is 4. The predicted molar refractivity (Wildman–Crippen MR) is 91.3 cm³/mol. The third-order valence-corrected chi connectivity index (χ3v) is 5.13. The first-order valence-corrected chi connectivity index (χ1v) is 8.55. The van der Waals surface area contributed by atoms with Crippen molar-refractivity contribution in [3.8, 4) is 0 Å². The Morgan fingerprint density at radius 1 is 1.33 bits per heavy atom. The summed E-state index contributed by atoms with van der Waals surface area (Å²) in [6.07, 6.45) is 5.77. The number of amides is 1. The van der Waals surface area contributed by atoms with Crippen LogP contribution in [0.2, 0.25) is 0 Å². The fraction of sp³-hybridized carbons (Fsp3) is 0.526. The Labute approximate surface area is 142 Å². The summed E-state index contributed by atoms with van der Waals surface area (Å²) in [5, 5.41) is 13.1. The number of rotatable bonds is 6. The van der Waals surface area contributed by atoms with E-state index in [1.165, 1.54) is 0 Å². The zero-order valence-electron chi connectivity index (χ0n) is 13.8. The summed E-state index contributed by atoms with van der Waals surface area (Å²) in [5.41, 5.74) is 0.914. The molecular formula is C19H25NO4. The molecule has 2 aliphatic rings. The number of aliphatic hydroxyl groups is 1. The van der Waals surface area contributed by atoms with Gasteiger partial charge in [-0.3, -0.25) is 4.79 Å². The maximum absolute atomic E-state index is 12.0. The van der Waals surface area contributed by atoms with Gasteiger partial charge in [0, 0.05) is 24.7 Å². The number of carbonyl (C=O) groups is 1. The van der Waals surface area contributed by atoms with Crippen LogP contribution in [0.1, 0.15) is 24.8 Å². The summed E-state index contributed by atoms with van der Waals surface area (Å²) in [5.74, 6) is -0.120. The minimum Gasteiger partial charge on any atom is -0.392 e. The van der Waals surface area contributed by atoms with Gasteiger partial charge in [0.1, 0.15) is 6.61 Å². The molecule has 1 saturated heterocycles. The summed E-state index contributed by atoms with van der Waals surface area (Å²) < 4.78 is 10.8. The number of aliphatic hydroxyl groups excluding tert-OH is 1. The van der Waals surface area contributed by atoms with Gasteiger partial charge in [0.2, 0.25) is 5.91 Å². The third-order valence-electron chi connectivity index (χ3n) is 5.13. The first-order valence-electron chi connectivity index (χ1n) is 8.55. The molecule has 5 heteroatoms. The number of carbonyl (C=O) groups excluding carboxylic acids is 1. The van der Waals surface area contributed by atoms with Crippen LogP contribution in [0.3, 0.4) is 0 Å². The molecule has 1 heterocycles. The van der Waals surface area contributed by atoms with E-state index in [2.05, 4.69) is 5.32 Å². The molecular weight excluding hydrogens is 306 g/mol. The smallest absolute Gasteiger partial charge is 0.246 e. The highest BCUT2D eigenvalue weighted by Gasteiger charge is 2.55. The number of benzene rings is 1. The number of hydrogen-bond donors (Lipinski definition) is 2. The van der Waals surface area contributed by atoms with E-state index in [1.807, 2.05) is 42.5 Å². The first-order chi connectivity index (χ1) is 11.7. The average molecular weight is 331 g/mol. The lowest BCUT2D eigenvalue weighted by atomic mass is 9.58. The Hall–Kier alpha value is -1.69. The maximum Gasteiger partial charge on any atom is 0.246 e. The second-order valence-electron chi connectivity index (χ2n) is 6.55. The van der Waals surface area contributed by atoms with Gasteiger partial charge in [-0.15, -0.1) is 0 Å². The van der Waals surface area contributed by atoms with E-state index < -0.39 is 0 Å². The molecule has 130 valence electrons. The third kappa shape index (κ3) is 3.86. The van der Waals surface area contributed by atoms with E-state index in [1.54, 1.807) is 0 Å². The summed E-state index contributed by atoms with van der Waals surface area (Å²) in [6, 6.07) is 9.99. The molecule has 0 aromatic heterocycles. The van der Waals surface area contributed by atoms with Gasteiger partial charge in [-0.2, -0.15) is 0 Å². The van der Waals surface area contributed by atoms with Gasteiger partial charge in [-0.05, 0) is 24.8 Å². The van der Waals surface area contributed by atoms with Crippen molar-refractivity contribution in [3.05, 3.63) is 42.0 Å². The molecule has 5 nitrogen and oxygen atoms in total. The van der Waals surface area contributed by atoms with Crippen molar-refractivity contribution in [1.82, 2.24) is 5.32 Å². The van der Waals surface area contributed by atoms with Crippen LogP contribution in [0, 0.1) is 5.41 Å². The van der Waals surface area contributed by atoms with Crippen molar-refractivity contribution >= 4 is 12.0 Å². The molecule has 24 heavy (non-hydrogen) atoms. The summed E-state index contributed by atoms with van der Waals surface area (Å²) in [7, 11) is 0. The molecule has 3 rings (SSSR count). The monoisotopic (exact) mass is 331 g/mol. The minimum absolute atomic E-state index is 0.0346. The van der Waals surface area contributed by atoms with Crippen LogP contribution >= 0.6 is 0 Å². The Bertz CT molecular complexity index is 566. The first kappa shape index (κ1) is 17.1. The molecule has 0 bridgehead atoms. The summed E-state index contributed by atoms with van der Waals surface area (Å²) >= 11 is 0. The number of ether oxygens (including phenoxy) is 2. The van der Waals surface area contributed by atoms with E-state index in [0.717, 1.165) is 18.4 Å². The molecule has 1 aromatic rings. The zero-order chi connectivity index (χ0) is 16.8. The van der Waals surface area contributed by atoms with Crippen LogP contribution in [0.25, 0.3) is 6.08 Å². The van der Waals surface area contributed by atoms with Crippen molar-refractivity contribution in [2.75, 3.05) is 26.4 Å². The van der Waals surface area contributed by atoms with E-state index in [0.29, 0.717) is 26.2 Å². The minimum atomic E-state index is -0.332. The van der Waals surface area contributed by atoms with Crippen LogP contribution in [0.4, 0.5) is 0 Å². The molecule has 1 aliphatic heterocycles. The van der Waals surface area contributed by atoms with Crippen LogP contribution < -0.4 is 5.32 Å². The number of nitrogens with one attached hydrogen (secondary N) is 1. The van der Waals surface area contributed by atoms with E-state index in [4.69, 9.17) is 9.47 Å². The van der Waals surface area contributed by atoms with Crippen LogP contribution in [0.5, 0.6) is 0 Å². The lowest BCUT2D eigenvalue weighted by Crippen LogP contribution is -2.66.